The first-order valence-electron chi connectivity index (χ1n) is 9.97. The van der Waals surface area contributed by atoms with E-state index in [2.05, 4.69) is 0 Å². The molecule has 0 atom stereocenters. The highest BCUT2D eigenvalue weighted by atomic mass is 16.7. The Hall–Kier alpha value is -4.46. The summed E-state index contributed by atoms with van der Waals surface area (Å²) in [5.74, 6) is 2.01. The predicted molar refractivity (Wildman–Crippen MR) is 116 cm³/mol. The summed E-state index contributed by atoms with van der Waals surface area (Å²) in [7, 11) is 2.99. The van der Waals surface area contributed by atoms with Crippen LogP contribution in [0.3, 0.4) is 0 Å². The summed E-state index contributed by atoms with van der Waals surface area (Å²) < 4.78 is 32.3. The second-order valence-electron chi connectivity index (χ2n) is 7.20. The summed E-state index contributed by atoms with van der Waals surface area (Å²) in [6, 6.07) is 14.7. The number of fused-ring (bicyclic) bond motifs is 2. The van der Waals surface area contributed by atoms with Gasteiger partial charge in [-0.15, -0.1) is 0 Å². The fraction of sp³-hybridized carbons (Fsp3) is 0.120. The van der Waals surface area contributed by atoms with Gasteiger partial charge in [0.2, 0.25) is 12.6 Å². The minimum atomic E-state index is -0.604. The molecule has 0 aromatic heterocycles. The van der Waals surface area contributed by atoms with Crippen LogP contribution in [0.15, 0.2) is 60.4 Å². The molecule has 0 bridgehead atoms. The molecule has 166 valence electrons. The zero-order valence-electron chi connectivity index (χ0n) is 17.7. The highest BCUT2D eigenvalue weighted by Crippen LogP contribution is 2.37. The van der Waals surface area contributed by atoms with Crippen molar-refractivity contribution in [3.63, 3.8) is 0 Å². The number of ketones is 1. The molecule has 0 amide bonds. The number of allylic oxidation sites excluding steroid dienone is 1. The predicted octanol–water partition coefficient (Wildman–Crippen LogP) is 4.27. The van der Waals surface area contributed by atoms with Gasteiger partial charge in [-0.1, -0.05) is 6.07 Å². The zero-order chi connectivity index (χ0) is 22.9. The van der Waals surface area contributed by atoms with Gasteiger partial charge in [-0.05, 0) is 48.0 Å². The highest BCUT2D eigenvalue weighted by molar-refractivity contribution is 6.14. The molecule has 33 heavy (non-hydrogen) atoms. The molecule has 8 nitrogen and oxygen atoms in total. The van der Waals surface area contributed by atoms with Crippen LogP contribution in [0.1, 0.15) is 26.3 Å². The Bertz CT molecular complexity index is 1290. The molecule has 0 unspecified atom stereocenters. The van der Waals surface area contributed by atoms with Crippen LogP contribution in [0.4, 0.5) is 0 Å². The van der Waals surface area contributed by atoms with Crippen molar-refractivity contribution >= 4 is 17.8 Å². The number of rotatable bonds is 5. The van der Waals surface area contributed by atoms with Crippen LogP contribution in [0.2, 0.25) is 0 Å². The molecule has 0 spiro atoms. The molecular formula is C25H18O8. The topological polar surface area (TPSA) is 89.5 Å². The summed E-state index contributed by atoms with van der Waals surface area (Å²) in [5, 5.41) is 0. The minimum absolute atomic E-state index is 0.157. The van der Waals surface area contributed by atoms with E-state index in [1.165, 1.54) is 20.3 Å². The van der Waals surface area contributed by atoms with E-state index in [4.69, 9.17) is 28.4 Å². The van der Waals surface area contributed by atoms with Gasteiger partial charge in [-0.3, -0.25) is 4.79 Å². The molecule has 0 saturated carbocycles. The summed E-state index contributed by atoms with van der Waals surface area (Å²) in [4.78, 5) is 25.4. The quantitative estimate of drug-likeness (QED) is 0.326. The summed E-state index contributed by atoms with van der Waals surface area (Å²) in [6.45, 7) is 0.167. The first-order chi connectivity index (χ1) is 16.0. The van der Waals surface area contributed by atoms with Crippen molar-refractivity contribution in [3.05, 3.63) is 77.0 Å². The monoisotopic (exact) mass is 446 g/mol. The van der Waals surface area contributed by atoms with Gasteiger partial charge >= 0.3 is 5.97 Å². The number of methoxy groups -OCH3 is 2. The van der Waals surface area contributed by atoms with E-state index < -0.39 is 5.97 Å². The van der Waals surface area contributed by atoms with Gasteiger partial charge in [-0.25, -0.2) is 4.79 Å². The Morgan fingerprint density at radius 1 is 0.848 bits per heavy atom. The molecule has 3 aromatic rings. The third-order valence-corrected chi connectivity index (χ3v) is 5.13. The third kappa shape index (κ3) is 3.94. The normalized spacial score (nSPS) is 14.6. The number of benzene rings is 3. The molecule has 0 N–H and O–H groups in total. The van der Waals surface area contributed by atoms with Gasteiger partial charge in [0, 0.05) is 12.1 Å². The van der Waals surface area contributed by atoms with E-state index in [0.717, 1.165) is 5.56 Å². The van der Waals surface area contributed by atoms with Gasteiger partial charge in [0.05, 0.1) is 25.3 Å². The molecule has 5 rings (SSSR count). The van der Waals surface area contributed by atoms with E-state index >= 15 is 0 Å². The van der Waals surface area contributed by atoms with Gasteiger partial charge in [0.25, 0.3) is 0 Å². The van der Waals surface area contributed by atoms with Crippen LogP contribution < -0.4 is 28.4 Å². The SMILES string of the molecule is COc1cc(OC)cc(C(=O)Oc2ccc3c(c2)OC(=Cc2ccc4c(c2)OCO4)C3=O)c1. The average Bonchev–Trinajstić information content (AvgIpc) is 3.42. The molecule has 2 aliphatic heterocycles. The number of hydrogen-bond acceptors (Lipinski definition) is 8. The van der Waals surface area contributed by atoms with Gasteiger partial charge in [-0.2, -0.15) is 0 Å². The molecule has 3 aromatic carbocycles. The van der Waals surface area contributed by atoms with E-state index in [-0.39, 0.29) is 29.6 Å². The second-order valence-corrected chi connectivity index (χ2v) is 7.20. The summed E-state index contributed by atoms with van der Waals surface area (Å²) in [5.41, 5.74) is 1.37. The standard InChI is InChI=1S/C25H18O8/c1-28-17-9-15(10-18(11-17)29-2)25(27)32-16-4-5-19-21(12-16)33-23(24(19)26)8-14-3-6-20-22(7-14)31-13-30-20/h3-12H,13H2,1-2H3. The van der Waals surface area contributed by atoms with Crippen LogP contribution in [0.25, 0.3) is 6.08 Å². The highest BCUT2D eigenvalue weighted by Gasteiger charge is 2.28. The molecule has 8 heteroatoms. The lowest BCUT2D eigenvalue weighted by molar-refractivity contribution is 0.0733. The van der Waals surface area contributed by atoms with Crippen LogP contribution in [-0.4, -0.2) is 32.8 Å². The van der Waals surface area contributed by atoms with E-state index in [1.807, 2.05) is 0 Å². The van der Waals surface area contributed by atoms with Crippen molar-refractivity contribution < 1.29 is 38.0 Å². The van der Waals surface area contributed by atoms with Gasteiger partial charge in [0.1, 0.15) is 23.0 Å². The van der Waals surface area contributed by atoms with Crippen molar-refractivity contribution in [2.24, 2.45) is 0 Å². The molecule has 0 saturated heterocycles. The van der Waals surface area contributed by atoms with Crippen molar-refractivity contribution in [3.8, 4) is 34.5 Å². The maximum absolute atomic E-state index is 12.7. The number of carbonyl (C=O) groups is 2. The van der Waals surface area contributed by atoms with Gasteiger partial charge < -0.3 is 28.4 Å². The van der Waals surface area contributed by atoms with Crippen LogP contribution >= 0.6 is 0 Å². The van der Waals surface area contributed by atoms with Crippen molar-refractivity contribution in [1.82, 2.24) is 0 Å². The summed E-state index contributed by atoms with van der Waals surface area (Å²) >= 11 is 0. The molecule has 0 radical (unpaired) electrons. The Balaban J connectivity index is 1.36. The van der Waals surface area contributed by atoms with Crippen LogP contribution in [-0.2, 0) is 0 Å². The largest absolute Gasteiger partial charge is 0.497 e. The third-order valence-electron chi connectivity index (χ3n) is 5.13. The Morgan fingerprint density at radius 3 is 2.36 bits per heavy atom. The van der Waals surface area contributed by atoms with E-state index in [0.29, 0.717) is 34.3 Å². The Labute approximate surface area is 188 Å². The second kappa shape index (κ2) is 8.23. The zero-order valence-corrected chi connectivity index (χ0v) is 17.7. The Morgan fingerprint density at radius 2 is 1.61 bits per heavy atom. The summed E-state index contributed by atoms with van der Waals surface area (Å²) in [6.07, 6.45) is 1.62. The van der Waals surface area contributed by atoms with E-state index in [9.17, 15) is 9.59 Å². The maximum Gasteiger partial charge on any atom is 0.343 e. The van der Waals surface area contributed by atoms with Crippen molar-refractivity contribution in [1.29, 1.82) is 0 Å². The smallest absolute Gasteiger partial charge is 0.343 e. The average molecular weight is 446 g/mol. The molecule has 0 fully saturated rings. The number of Topliss-reactive ketones (excluding diaryl/α,β-unsaturated/α-hetero) is 1. The fourth-order valence-corrected chi connectivity index (χ4v) is 3.48. The number of carbonyl (C=O) groups excluding carboxylic acids is 2. The number of ether oxygens (including phenoxy) is 6. The van der Waals surface area contributed by atoms with E-state index in [1.54, 1.807) is 54.6 Å². The van der Waals surface area contributed by atoms with Crippen molar-refractivity contribution in [2.45, 2.75) is 0 Å². The lowest BCUT2D eigenvalue weighted by Gasteiger charge is -2.09. The lowest BCUT2D eigenvalue weighted by Crippen LogP contribution is -2.09. The van der Waals surface area contributed by atoms with Crippen molar-refractivity contribution in [2.75, 3.05) is 21.0 Å². The maximum atomic E-state index is 12.7. The molecular weight excluding hydrogens is 428 g/mol. The van der Waals surface area contributed by atoms with Gasteiger partial charge in [0.15, 0.2) is 17.3 Å². The Kier molecular flexibility index (Phi) is 5.10. The molecule has 0 aliphatic carbocycles. The minimum Gasteiger partial charge on any atom is -0.497 e. The first-order valence-corrected chi connectivity index (χ1v) is 9.97. The first kappa shape index (κ1) is 20.4. The number of hydrogen-bond donors (Lipinski definition) is 0. The fourth-order valence-electron chi connectivity index (χ4n) is 3.48. The lowest BCUT2D eigenvalue weighted by atomic mass is 10.1. The molecule has 2 heterocycles. The van der Waals surface area contributed by atoms with Crippen LogP contribution in [0.5, 0.6) is 34.5 Å². The number of esters is 1. The van der Waals surface area contributed by atoms with Crippen LogP contribution in [0, 0.1) is 0 Å². The molecule has 2 aliphatic rings.